The topological polar surface area (TPSA) is 58.6 Å². The minimum Gasteiger partial charge on any atom is -0.386 e. The number of amides is 1. The van der Waals surface area contributed by atoms with E-state index in [0.29, 0.717) is 12.2 Å². The number of benzene rings is 1. The van der Waals surface area contributed by atoms with Crippen molar-refractivity contribution in [1.82, 2.24) is 5.32 Å². The number of nitrogens with one attached hydrogen (secondary N) is 1. The highest BCUT2D eigenvalue weighted by Crippen LogP contribution is 2.28. The fourth-order valence-electron chi connectivity index (χ4n) is 3.01. The Morgan fingerprint density at radius 2 is 2.20 bits per heavy atom. The number of aryl methyl sites for hydroxylation is 1. The Kier molecular flexibility index (Phi) is 4.03. The summed E-state index contributed by atoms with van der Waals surface area (Å²) >= 11 is 0. The van der Waals surface area contributed by atoms with Gasteiger partial charge in [0.25, 0.3) is 5.91 Å². The molecular formula is C16H21NO3. The third-order valence-corrected chi connectivity index (χ3v) is 4.20. The van der Waals surface area contributed by atoms with Crippen molar-refractivity contribution < 1.29 is 14.6 Å². The van der Waals surface area contributed by atoms with Crippen molar-refractivity contribution >= 4 is 5.91 Å². The molecule has 1 fully saturated rings. The van der Waals surface area contributed by atoms with Crippen LogP contribution in [0, 0.1) is 0 Å². The van der Waals surface area contributed by atoms with Gasteiger partial charge < -0.3 is 15.2 Å². The monoisotopic (exact) mass is 275 g/mol. The van der Waals surface area contributed by atoms with Crippen molar-refractivity contribution in [1.29, 1.82) is 0 Å². The Labute approximate surface area is 119 Å². The average Bonchev–Trinajstić information content (AvgIpc) is 2.69. The predicted octanol–water partition coefficient (Wildman–Crippen LogP) is 1.97. The van der Waals surface area contributed by atoms with Crippen molar-refractivity contribution in [2.45, 2.75) is 44.3 Å². The molecule has 2 aliphatic rings. The van der Waals surface area contributed by atoms with E-state index in [1.807, 2.05) is 18.2 Å². The Morgan fingerprint density at radius 3 is 3.00 bits per heavy atom. The van der Waals surface area contributed by atoms with Gasteiger partial charge in [-0.1, -0.05) is 12.1 Å². The van der Waals surface area contributed by atoms with Gasteiger partial charge in [-0.15, -0.1) is 0 Å². The number of hydrogen-bond donors (Lipinski definition) is 2. The molecule has 108 valence electrons. The lowest BCUT2D eigenvalue weighted by molar-refractivity contribution is -0.0633. The molecule has 4 nitrogen and oxygen atoms in total. The number of aliphatic hydroxyl groups excluding tert-OH is 1. The van der Waals surface area contributed by atoms with E-state index in [4.69, 9.17) is 4.74 Å². The highest BCUT2D eigenvalue weighted by atomic mass is 16.5. The van der Waals surface area contributed by atoms with E-state index in [1.54, 1.807) is 0 Å². The van der Waals surface area contributed by atoms with Gasteiger partial charge in [0.05, 0.1) is 6.10 Å². The van der Waals surface area contributed by atoms with Gasteiger partial charge in [0, 0.05) is 18.7 Å². The molecule has 2 N–H and O–H groups in total. The first-order valence-electron chi connectivity index (χ1n) is 7.46. The lowest BCUT2D eigenvalue weighted by Gasteiger charge is -2.27. The molecule has 2 aliphatic heterocycles. The van der Waals surface area contributed by atoms with E-state index in [0.717, 1.165) is 49.8 Å². The normalized spacial score (nSPS) is 24.4. The molecule has 0 aromatic heterocycles. The smallest absolute Gasteiger partial charge is 0.251 e. The molecular weight excluding hydrogens is 254 g/mol. The molecule has 20 heavy (non-hydrogen) atoms. The van der Waals surface area contributed by atoms with Crippen LogP contribution in [0.15, 0.2) is 18.2 Å². The fourth-order valence-corrected chi connectivity index (χ4v) is 3.01. The summed E-state index contributed by atoms with van der Waals surface area (Å²) in [7, 11) is 0. The standard InChI is InChI=1S/C16H21NO3/c18-15(14-5-1-2-9-20-14)12-7-6-11-4-3-8-17-16(19)13(11)10-12/h6-7,10,14-15,18H,1-5,8-9H2,(H,17,19). The third kappa shape index (κ3) is 2.72. The molecule has 2 atom stereocenters. The summed E-state index contributed by atoms with van der Waals surface area (Å²) in [4.78, 5) is 12.0. The third-order valence-electron chi connectivity index (χ3n) is 4.20. The fraction of sp³-hybridized carbons (Fsp3) is 0.562. The van der Waals surface area contributed by atoms with Gasteiger partial charge in [-0.3, -0.25) is 4.79 Å². The average molecular weight is 275 g/mol. The number of ether oxygens (including phenoxy) is 1. The second-order valence-corrected chi connectivity index (χ2v) is 5.63. The van der Waals surface area contributed by atoms with Crippen LogP contribution in [0.2, 0.25) is 0 Å². The molecule has 0 radical (unpaired) electrons. The lowest BCUT2D eigenvalue weighted by atomic mass is 9.94. The highest BCUT2D eigenvalue weighted by molar-refractivity contribution is 5.96. The maximum absolute atomic E-state index is 12.0. The summed E-state index contributed by atoms with van der Waals surface area (Å²) in [6.07, 6.45) is 4.12. The van der Waals surface area contributed by atoms with E-state index in [-0.39, 0.29) is 12.0 Å². The molecule has 1 aromatic rings. The first kappa shape index (κ1) is 13.6. The van der Waals surface area contributed by atoms with E-state index >= 15 is 0 Å². The summed E-state index contributed by atoms with van der Waals surface area (Å²) < 4.78 is 5.64. The second-order valence-electron chi connectivity index (χ2n) is 5.63. The molecule has 2 heterocycles. The van der Waals surface area contributed by atoms with E-state index in [1.165, 1.54) is 0 Å². The molecule has 0 spiro atoms. The Morgan fingerprint density at radius 1 is 1.30 bits per heavy atom. The zero-order valence-corrected chi connectivity index (χ0v) is 11.6. The highest BCUT2D eigenvalue weighted by Gasteiger charge is 2.25. The van der Waals surface area contributed by atoms with Crippen molar-refractivity contribution in [2.75, 3.05) is 13.2 Å². The first-order chi connectivity index (χ1) is 9.75. The van der Waals surface area contributed by atoms with Crippen LogP contribution in [0.5, 0.6) is 0 Å². The van der Waals surface area contributed by atoms with Crippen molar-refractivity contribution in [3.63, 3.8) is 0 Å². The van der Waals surface area contributed by atoms with Crippen LogP contribution in [-0.2, 0) is 11.2 Å². The quantitative estimate of drug-likeness (QED) is 0.867. The number of hydrogen-bond acceptors (Lipinski definition) is 3. The molecule has 0 saturated carbocycles. The number of carbonyl (C=O) groups is 1. The van der Waals surface area contributed by atoms with Crippen LogP contribution < -0.4 is 5.32 Å². The Balaban J connectivity index is 1.85. The van der Waals surface area contributed by atoms with Crippen molar-refractivity contribution in [3.8, 4) is 0 Å². The van der Waals surface area contributed by atoms with Gasteiger partial charge in [-0.05, 0) is 49.3 Å². The summed E-state index contributed by atoms with van der Waals surface area (Å²) in [5.74, 6) is -0.0314. The maximum atomic E-state index is 12.0. The molecule has 1 amide bonds. The van der Waals surface area contributed by atoms with E-state index in [9.17, 15) is 9.90 Å². The largest absolute Gasteiger partial charge is 0.386 e. The van der Waals surface area contributed by atoms with Gasteiger partial charge in [-0.2, -0.15) is 0 Å². The minimum atomic E-state index is -0.642. The first-order valence-corrected chi connectivity index (χ1v) is 7.46. The predicted molar refractivity (Wildman–Crippen MR) is 75.6 cm³/mol. The zero-order chi connectivity index (χ0) is 13.9. The van der Waals surface area contributed by atoms with E-state index < -0.39 is 6.10 Å². The SMILES string of the molecule is O=C1NCCCc2ccc(C(O)C3CCCCO3)cc21. The molecule has 4 heteroatoms. The van der Waals surface area contributed by atoms with Gasteiger partial charge >= 0.3 is 0 Å². The van der Waals surface area contributed by atoms with Gasteiger partial charge in [0.2, 0.25) is 0 Å². The Bertz CT molecular complexity index is 494. The summed E-state index contributed by atoms with van der Waals surface area (Å²) in [6.45, 7) is 1.43. The van der Waals surface area contributed by atoms with Gasteiger partial charge in [0.1, 0.15) is 6.10 Å². The number of aliphatic hydroxyl groups is 1. The number of fused-ring (bicyclic) bond motifs is 1. The summed E-state index contributed by atoms with van der Waals surface area (Å²) in [5, 5.41) is 13.3. The molecule has 1 saturated heterocycles. The van der Waals surface area contributed by atoms with Crippen LogP contribution in [0.4, 0.5) is 0 Å². The van der Waals surface area contributed by atoms with Crippen LogP contribution >= 0.6 is 0 Å². The van der Waals surface area contributed by atoms with Crippen molar-refractivity contribution in [2.24, 2.45) is 0 Å². The van der Waals surface area contributed by atoms with Gasteiger partial charge in [0.15, 0.2) is 0 Å². The van der Waals surface area contributed by atoms with Crippen LogP contribution in [0.25, 0.3) is 0 Å². The van der Waals surface area contributed by atoms with Crippen LogP contribution in [-0.4, -0.2) is 30.3 Å². The summed E-state index contributed by atoms with van der Waals surface area (Å²) in [5.41, 5.74) is 2.56. The molecule has 1 aromatic carbocycles. The van der Waals surface area contributed by atoms with Crippen LogP contribution in [0.3, 0.4) is 0 Å². The number of carbonyl (C=O) groups excluding carboxylic acids is 1. The molecule has 2 unspecified atom stereocenters. The van der Waals surface area contributed by atoms with Gasteiger partial charge in [-0.25, -0.2) is 0 Å². The number of rotatable bonds is 2. The van der Waals surface area contributed by atoms with Crippen molar-refractivity contribution in [3.05, 3.63) is 34.9 Å². The van der Waals surface area contributed by atoms with Crippen LogP contribution in [0.1, 0.15) is 53.3 Å². The lowest BCUT2D eigenvalue weighted by Crippen LogP contribution is -2.27. The second kappa shape index (κ2) is 5.94. The molecule has 3 rings (SSSR count). The molecule has 0 bridgehead atoms. The maximum Gasteiger partial charge on any atom is 0.251 e. The van der Waals surface area contributed by atoms with E-state index in [2.05, 4.69) is 5.32 Å². The summed E-state index contributed by atoms with van der Waals surface area (Å²) in [6, 6.07) is 5.74. The minimum absolute atomic E-state index is 0.0314. The molecule has 0 aliphatic carbocycles. The Hall–Kier alpha value is -1.39. The zero-order valence-electron chi connectivity index (χ0n) is 11.6.